The quantitative estimate of drug-likeness (QED) is 0.887. The van der Waals surface area contributed by atoms with Gasteiger partial charge >= 0.3 is 5.97 Å². The van der Waals surface area contributed by atoms with E-state index in [1.807, 2.05) is 0 Å². The van der Waals surface area contributed by atoms with Gasteiger partial charge in [0.1, 0.15) is 0 Å². The van der Waals surface area contributed by atoms with E-state index in [9.17, 15) is 13.2 Å². The monoisotopic (exact) mass is 367 g/mol. The molecule has 1 aliphatic rings. The summed E-state index contributed by atoms with van der Waals surface area (Å²) in [7, 11) is -3.69. The Hall–Kier alpha value is -0.630. The summed E-state index contributed by atoms with van der Waals surface area (Å²) >= 11 is 8.94. The third-order valence-electron chi connectivity index (χ3n) is 3.01. The fraction of sp³-hybridized carbons (Fsp3) is 0.364. The molecule has 1 fully saturated rings. The molecule has 1 aromatic rings. The molecule has 8 heteroatoms. The number of rotatable bonds is 3. The number of benzene rings is 1. The molecule has 1 aromatic carbocycles. The van der Waals surface area contributed by atoms with Crippen molar-refractivity contribution >= 4 is 43.5 Å². The zero-order valence-corrected chi connectivity index (χ0v) is 12.9. The summed E-state index contributed by atoms with van der Waals surface area (Å²) < 4.78 is 26.4. The van der Waals surface area contributed by atoms with Gasteiger partial charge in [-0.2, -0.15) is 4.31 Å². The molecular weight excluding hydrogens is 358 g/mol. The first-order valence-corrected chi connectivity index (χ1v) is 8.11. The molecule has 5 nitrogen and oxygen atoms in total. The highest BCUT2D eigenvalue weighted by atomic mass is 79.9. The first kappa shape index (κ1) is 14.8. The van der Waals surface area contributed by atoms with Crippen LogP contribution in [0.4, 0.5) is 0 Å². The van der Waals surface area contributed by atoms with Gasteiger partial charge in [0, 0.05) is 22.6 Å². The molecule has 0 saturated carbocycles. The lowest BCUT2D eigenvalue weighted by atomic mass is 10.1. The van der Waals surface area contributed by atoms with E-state index < -0.39 is 21.9 Å². The molecule has 1 atom stereocenters. The van der Waals surface area contributed by atoms with Gasteiger partial charge in [-0.3, -0.25) is 4.79 Å². The van der Waals surface area contributed by atoms with Crippen LogP contribution in [0.5, 0.6) is 0 Å². The summed E-state index contributed by atoms with van der Waals surface area (Å²) in [5, 5.41) is 9.34. The molecule has 2 rings (SSSR count). The molecule has 1 N–H and O–H groups in total. The molecule has 0 aliphatic carbocycles. The highest BCUT2D eigenvalue weighted by Crippen LogP contribution is 2.30. The number of sulfonamides is 1. The van der Waals surface area contributed by atoms with Gasteiger partial charge in [-0.1, -0.05) is 11.6 Å². The predicted octanol–water partition coefficient (Wildman–Crippen LogP) is 2.20. The summed E-state index contributed by atoms with van der Waals surface area (Å²) in [6.45, 7) is 0.223. The van der Waals surface area contributed by atoms with Crippen molar-refractivity contribution in [2.75, 3.05) is 13.1 Å². The van der Waals surface area contributed by atoms with Crippen molar-refractivity contribution in [3.05, 3.63) is 27.7 Å². The molecule has 1 aliphatic heterocycles. The van der Waals surface area contributed by atoms with Gasteiger partial charge in [-0.25, -0.2) is 8.42 Å². The van der Waals surface area contributed by atoms with Crippen LogP contribution < -0.4 is 0 Å². The van der Waals surface area contributed by atoms with Gasteiger partial charge in [0.05, 0.1) is 10.8 Å². The minimum atomic E-state index is -3.69. The molecule has 0 spiro atoms. The smallest absolute Gasteiger partial charge is 0.307 e. The van der Waals surface area contributed by atoms with Crippen LogP contribution >= 0.6 is 27.5 Å². The molecule has 0 amide bonds. The van der Waals surface area contributed by atoms with Gasteiger partial charge in [-0.15, -0.1) is 0 Å². The lowest BCUT2D eigenvalue weighted by Gasteiger charge is -2.17. The van der Waals surface area contributed by atoms with Crippen molar-refractivity contribution in [1.82, 2.24) is 4.31 Å². The lowest BCUT2D eigenvalue weighted by Crippen LogP contribution is -2.30. The number of halogens is 2. The van der Waals surface area contributed by atoms with E-state index >= 15 is 0 Å². The minimum absolute atomic E-state index is 0.00668. The average Bonchev–Trinajstić information content (AvgIpc) is 2.78. The minimum Gasteiger partial charge on any atom is -0.481 e. The Labute approximate surface area is 124 Å². The standard InChI is InChI=1S/C11H11BrClNO4S/c12-9-5-8(13)1-2-10(9)19(17,18)14-4-3-7(6-14)11(15)16/h1-2,5,7H,3-4,6H2,(H,15,16). The number of hydrogen-bond donors (Lipinski definition) is 1. The van der Waals surface area contributed by atoms with Crippen molar-refractivity contribution in [1.29, 1.82) is 0 Å². The summed E-state index contributed by atoms with van der Waals surface area (Å²) in [4.78, 5) is 11.0. The first-order chi connectivity index (χ1) is 8.82. The van der Waals surface area contributed by atoms with Crippen LogP contribution in [-0.2, 0) is 14.8 Å². The Morgan fingerprint density at radius 3 is 2.68 bits per heavy atom. The molecule has 0 aromatic heterocycles. The SMILES string of the molecule is O=C(O)C1CCN(S(=O)(=O)c2ccc(Cl)cc2Br)C1. The van der Waals surface area contributed by atoms with E-state index in [0.29, 0.717) is 15.9 Å². The normalized spacial score (nSPS) is 20.6. The molecule has 0 radical (unpaired) electrons. The highest BCUT2D eigenvalue weighted by Gasteiger charge is 2.36. The maximum atomic E-state index is 12.4. The van der Waals surface area contributed by atoms with Crippen LogP contribution in [0.25, 0.3) is 0 Å². The maximum Gasteiger partial charge on any atom is 0.307 e. The van der Waals surface area contributed by atoms with E-state index in [1.54, 1.807) is 0 Å². The Morgan fingerprint density at radius 2 is 2.16 bits per heavy atom. The Bertz CT molecular complexity index is 619. The van der Waals surface area contributed by atoms with Crippen molar-refractivity contribution in [2.45, 2.75) is 11.3 Å². The zero-order valence-electron chi connectivity index (χ0n) is 9.71. The van der Waals surface area contributed by atoms with Gasteiger partial charge in [0.2, 0.25) is 10.0 Å². The highest BCUT2D eigenvalue weighted by molar-refractivity contribution is 9.10. The Balaban J connectivity index is 2.31. The van der Waals surface area contributed by atoms with Crippen molar-refractivity contribution in [3.8, 4) is 0 Å². The van der Waals surface area contributed by atoms with Crippen LogP contribution in [-0.4, -0.2) is 36.9 Å². The summed E-state index contributed by atoms with van der Waals surface area (Å²) in [5.41, 5.74) is 0. The fourth-order valence-corrected chi connectivity index (χ4v) is 4.81. The van der Waals surface area contributed by atoms with Crippen LogP contribution in [0, 0.1) is 5.92 Å². The van der Waals surface area contributed by atoms with Crippen LogP contribution in [0.1, 0.15) is 6.42 Å². The number of aliphatic carboxylic acids is 1. The third kappa shape index (κ3) is 2.94. The van der Waals surface area contributed by atoms with Crippen LogP contribution in [0.15, 0.2) is 27.6 Å². The topological polar surface area (TPSA) is 74.7 Å². The first-order valence-electron chi connectivity index (χ1n) is 5.50. The van der Waals surface area contributed by atoms with E-state index in [1.165, 1.54) is 22.5 Å². The van der Waals surface area contributed by atoms with Gasteiger partial charge in [0.25, 0.3) is 0 Å². The third-order valence-corrected chi connectivity index (χ3v) is 6.09. The summed E-state index contributed by atoms with van der Waals surface area (Å²) in [5.74, 6) is -1.60. The molecule has 19 heavy (non-hydrogen) atoms. The van der Waals surface area contributed by atoms with Crippen LogP contribution in [0.3, 0.4) is 0 Å². The molecule has 104 valence electrons. The molecular formula is C11H11BrClNO4S. The van der Waals surface area contributed by atoms with Gasteiger partial charge < -0.3 is 5.11 Å². The largest absolute Gasteiger partial charge is 0.481 e. The van der Waals surface area contributed by atoms with Gasteiger partial charge in [-0.05, 0) is 40.5 Å². The number of carboxylic acid groups (broad SMARTS) is 1. The molecule has 0 bridgehead atoms. The fourth-order valence-electron chi connectivity index (χ4n) is 1.97. The summed E-state index contributed by atoms with van der Waals surface area (Å²) in [6.07, 6.45) is 0.333. The molecule has 1 saturated heterocycles. The molecule has 1 heterocycles. The molecule has 1 unspecified atom stereocenters. The van der Waals surface area contributed by atoms with E-state index in [4.69, 9.17) is 16.7 Å². The van der Waals surface area contributed by atoms with Crippen LogP contribution in [0.2, 0.25) is 5.02 Å². The number of carbonyl (C=O) groups is 1. The van der Waals surface area contributed by atoms with E-state index in [-0.39, 0.29) is 18.0 Å². The second kappa shape index (κ2) is 5.40. The maximum absolute atomic E-state index is 12.4. The van der Waals surface area contributed by atoms with Crippen molar-refractivity contribution < 1.29 is 18.3 Å². The second-order valence-electron chi connectivity index (χ2n) is 4.26. The predicted molar refractivity (Wildman–Crippen MR) is 73.7 cm³/mol. The Morgan fingerprint density at radius 1 is 1.47 bits per heavy atom. The number of carboxylic acids is 1. The Kier molecular flexibility index (Phi) is 4.20. The number of nitrogens with zero attached hydrogens (tertiary/aromatic N) is 1. The zero-order chi connectivity index (χ0) is 14.2. The second-order valence-corrected chi connectivity index (χ2v) is 7.46. The summed E-state index contributed by atoms with van der Waals surface area (Å²) in [6, 6.07) is 4.40. The lowest BCUT2D eigenvalue weighted by molar-refractivity contribution is -0.141. The van der Waals surface area contributed by atoms with Gasteiger partial charge in [0.15, 0.2) is 0 Å². The van der Waals surface area contributed by atoms with E-state index in [2.05, 4.69) is 15.9 Å². The number of hydrogen-bond acceptors (Lipinski definition) is 3. The average molecular weight is 369 g/mol. The van der Waals surface area contributed by atoms with E-state index in [0.717, 1.165) is 0 Å². The van der Waals surface area contributed by atoms with Crippen molar-refractivity contribution in [3.63, 3.8) is 0 Å². The van der Waals surface area contributed by atoms with Crippen molar-refractivity contribution in [2.24, 2.45) is 5.92 Å².